The third-order valence-electron chi connectivity index (χ3n) is 4.02. The summed E-state index contributed by atoms with van der Waals surface area (Å²) in [5.74, 6) is 4.96. The molecule has 0 unspecified atom stereocenters. The summed E-state index contributed by atoms with van der Waals surface area (Å²) in [6, 6.07) is 18.3. The van der Waals surface area contributed by atoms with E-state index >= 15 is 0 Å². The van der Waals surface area contributed by atoms with E-state index < -0.39 is 0 Å². The van der Waals surface area contributed by atoms with Gasteiger partial charge in [-0.3, -0.25) is 19.3 Å². The molecular formula is C22H18N2O3. The van der Waals surface area contributed by atoms with Gasteiger partial charge in [0.25, 0.3) is 5.91 Å². The number of likely N-dealkylation sites (tertiary alicyclic amines) is 1. The van der Waals surface area contributed by atoms with Crippen LogP contribution < -0.4 is 5.32 Å². The van der Waals surface area contributed by atoms with Crippen molar-refractivity contribution < 1.29 is 14.4 Å². The first kappa shape index (κ1) is 18.2. The Morgan fingerprint density at radius 3 is 2.19 bits per heavy atom. The Morgan fingerprint density at radius 2 is 1.56 bits per heavy atom. The van der Waals surface area contributed by atoms with Crippen molar-refractivity contribution in [2.75, 3.05) is 11.9 Å². The molecule has 0 aromatic heterocycles. The van der Waals surface area contributed by atoms with Gasteiger partial charge in [-0.2, -0.15) is 0 Å². The van der Waals surface area contributed by atoms with Gasteiger partial charge in [0.15, 0.2) is 0 Å². The smallest absolute Gasteiger partial charge is 0.263 e. The normalized spacial score (nSPS) is 13.9. The highest BCUT2D eigenvalue weighted by Gasteiger charge is 2.27. The highest BCUT2D eigenvalue weighted by molar-refractivity contribution is 6.07. The van der Waals surface area contributed by atoms with Crippen LogP contribution in [0.5, 0.6) is 0 Å². The monoisotopic (exact) mass is 358 g/mol. The van der Waals surface area contributed by atoms with Crippen LogP contribution in [-0.2, 0) is 14.4 Å². The SMILES string of the molecule is O=C(Nc1ccccc1)/C(C#Cc1ccccc1)=C/CN1C(=O)CCC1=O. The number of nitrogens with zero attached hydrogens (tertiary/aromatic N) is 1. The van der Waals surface area contributed by atoms with Gasteiger partial charge in [0.2, 0.25) is 11.8 Å². The molecule has 1 fully saturated rings. The quantitative estimate of drug-likeness (QED) is 0.519. The lowest BCUT2D eigenvalue weighted by Crippen LogP contribution is -2.29. The van der Waals surface area contributed by atoms with E-state index in [0.717, 1.165) is 10.5 Å². The summed E-state index contributed by atoms with van der Waals surface area (Å²) in [7, 11) is 0. The van der Waals surface area contributed by atoms with Crippen molar-refractivity contribution in [3.8, 4) is 11.8 Å². The van der Waals surface area contributed by atoms with Crippen LogP contribution >= 0.6 is 0 Å². The number of carbonyl (C=O) groups is 3. The molecule has 134 valence electrons. The average molecular weight is 358 g/mol. The molecule has 3 rings (SSSR count). The van der Waals surface area contributed by atoms with Crippen LogP contribution in [0, 0.1) is 11.8 Å². The van der Waals surface area contributed by atoms with E-state index in [2.05, 4.69) is 17.2 Å². The van der Waals surface area contributed by atoms with E-state index in [1.54, 1.807) is 12.1 Å². The molecule has 2 aromatic rings. The zero-order valence-electron chi connectivity index (χ0n) is 14.6. The second-order valence-electron chi connectivity index (χ2n) is 5.95. The van der Waals surface area contributed by atoms with Gasteiger partial charge < -0.3 is 5.32 Å². The third kappa shape index (κ3) is 4.93. The molecule has 3 amide bonds. The number of hydrogen-bond acceptors (Lipinski definition) is 3. The Bertz CT molecular complexity index is 922. The minimum absolute atomic E-state index is 0.0404. The van der Waals surface area contributed by atoms with Crippen molar-refractivity contribution in [2.24, 2.45) is 0 Å². The second kappa shape index (κ2) is 8.63. The van der Waals surface area contributed by atoms with Crippen LogP contribution in [0.25, 0.3) is 0 Å². The van der Waals surface area contributed by atoms with Crippen LogP contribution in [0.2, 0.25) is 0 Å². The van der Waals surface area contributed by atoms with Crippen molar-refractivity contribution in [1.29, 1.82) is 0 Å². The molecule has 0 bridgehead atoms. The summed E-state index contributed by atoms with van der Waals surface area (Å²) in [5, 5.41) is 2.78. The summed E-state index contributed by atoms with van der Waals surface area (Å²) in [6.45, 7) is 0.0404. The molecule has 1 heterocycles. The number of rotatable bonds is 4. The van der Waals surface area contributed by atoms with Gasteiger partial charge in [0.05, 0.1) is 5.57 Å². The number of amides is 3. The molecule has 5 nitrogen and oxygen atoms in total. The standard InChI is InChI=1S/C22H18N2O3/c25-20-13-14-21(26)24(20)16-15-18(12-11-17-7-3-1-4-8-17)22(27)23-19-9-5-2-6-10-19/h1-10,15H,13-14,16H2,(H,23,27)/b18-15+. The Kier molecular flexibility index (Phi) is 5.80. The van der Waals surface area contributed by atoms with Crippen molar-refractivity contribution >= 4 is 23.4 Å². The lowest BCUT2D eigenvalue weighted by atomic mass is 10.1. The third-order valence-corrected chi connectivity index (χ3v) is 4.02. The summed E-state index contributed by atoms with van der Waals surface area (Å²) < 4.78 is 0. The highest BCUT2D eigenvalue weighted by atomic mass is 16.2. The summed E-state index contributed by atoms with van der Waals surface area (Å²) in [4.78, 5) is 37.3. The maximum Gasteiger partial charge on any atom is 0.263 e. The lowest BCUT2D eigenvalue weighted by Gasteiger charge is -2.11. The Balaban J connectivity index is 1.82. The van der Waals surface area contributed by atoms with E-state index in [1.807, 2.05) is 48.5 Å². The molecule has 0 saturated carbocycles. The summed E-state index contributed by atoms with van der Waals surface area (Å²) in [6.07, 6.45) is 1.96. The van der Waals surface area contributed by atoms with Gasteiger partial charge in [-0.25, -0.2) is 0 Å². The average Bonchev–Trinajstić information content (AvgIpc) is 3.01. The molecule has 1 aliphatic rings. The fourth-order valence-corrected chi connectivity index (χ4v) is 2.59. The number of benzene rings is 2. The number of hydrogen-bond donors (Lipinski definition) is 1. The van der Waals surface area contributed by atoms with Crippen LogP contribution in [0.4, 0.5) is 5.69 Å². The fraction of sp³-hybridized carbons (Fsp3) is 0.136. The van der Waals surface area contributed by atoms with Crippen LogP contribution in [0.1, 0.15) is 18.4 Å². The predicted molar refractivity (Wildman–Crippen MR) is 102 cm³/mol. The maximum atomic E-state index is 12.6. The van der Waals surface area contributed by atoms with E-state index in [9.17, 15) is 14.4 Å². The van der Waals surface area contributed by atoms with E-state index in [-0.39, 0.29) is 42.7 Å². The molecule has 0 atom stereocenters. The number of para-hydroxylation sites is 1. The van der Waals surface area contributed by atoms with Crippen LogP contribution in [0.15, 0.2) is 72.3 Å². The first-order valence-electron chi connectivity index (χ1n) is 8.60. The highest BCUT2D eigenvalue weighted by Crippen LogP contribution is 2.13. The molecule has 1 N–H and O–H groups in total. The van der Waals surface area contributed by atoms with Crippen molar-refractivity contribution in [2.45, 2.75) is 12.8 Å². The van der Waals surface area contributed by atoms with Gasteiger partial charge in [0, 0.05) is 30.6 Å². The predicted octanol–water partition coefficient (Wildman–Crippen LogP) is 2.75. The van der Waals surface area contributed by atoms with Crippen LogP contribution in [0.3, 0.4) is 0 Å². The first-order chi connectivity index (χ1) is 13.1. The van der Waals surface area contributed by atoms with E-state index in [0.29, 0.717) is 5.69 Å². The van der Waals surface area contributed by atoms with E-state index in [1.165, 1.54) is 6.08 Å². The Labute approximate surface area is 157 Å². The molecule has 0 radical (unpaired) electrons. The molecule has 1 saturated heterocycles. The number of nitrogens with one attached hydrogen (secondary N) is 1. The minimum atomic E-state index is -0.385. The zero-order valence-corrected chi connectivity index (χ0v) is 14.6. The zero-order chi connectivity index (χ0) is 19.1. The van der Waals surface area contributed by atoms with E-state index in [4.69, 9.17) is 0 Å². The molecule has 2 aromatic carbocycles. The minimum Gasteiger partial charge on any atom is -0.321 e. The lowest BCUT2D eigenvalue weighted by molar-refractivity contribution is -0.137. The Morgan fingerprint density at radius 1 is 0.963 bits per heavy atom. The van der Waals surface area contributed by atoms with Gasteiger partial charge in [-0.05, 0) is 30.3 Å². The van der Waals surface area contributed by atoms with Crippen molar-refractivity contribution in [3.63, 3.8) is 0 Å². The molecule has 27 heavy (non-hydrogen) atoms. The number of carbonyl (C=O) groups excluding carboxylic acids is 3. The number of anilines is 1. The largest absolute Gasteiger partial charge is 0.321 e. The first-order valence-corrected chi connectivity index (χ1v) is 8.60. The summed E-state index contributed by atoms with van der Waals surface area (Å²) in [5.41, 5.74) is 1.61. The fourth-order valence-electron chi connectivity index (χ4n) is 2.59. The van der Waals surface area contributed by atoms with Crippen LogP contribution in [-0.4, -0.2) is 29.2 Å². The molecule has 1 aliphatic heterocycles. The van der Waals surface area contributed by atoms with Gasteiger partial charge >= 0.3 is 0 Å². The molecular weight excluding hydrogens is 340 g/mol. The van der Waals surface area contributed by atoms with Gasteiger partial charge in [-0.1, -0.05) is 48.2 Å². The second-order valence-corrected chi connectivity index (χ2v) is 5.95. The van der Waals surface area contributed by atoms with Crippen molar-refractivity contribution in [1.82, 2.24) is 4.90 Å². The molecule has 5 heteroatoms. The summed E-state index contributed by atoms with van der Waals surface area (Å²) >= 11 is 0. The molecule has 0 spiro atoms. The van der Waals surface area contributed by atoms with Crippen molar-refractivity contribution in [3.05, 3.63) is 77.9 Å². The maximum absolute atomic E-state index is 12.6. The number of imide groups is 1. The van der Waals surface area contributed by atoms with Gasteiger partial charge in [0.1, 0.15) is 0 Å². The topological polar surface area (TPSA) is 66.5 Å². The molecule has 0 aliphatic carbocycles. The Hall–Kier alpha value is -3.65. The van der Waals surface area contributed by atoms with Gasteiger partial charge in [-0.15, -0.1) is 0 Å².